The van der Waals surface area contributed by atoms with E-state index in [1.807, 2.05) is 0 Å². The molecule has 92 valence electrons. The molecule has 8 heteroatoms. The highest BCUT2D eigenvalue weighted by molar-refractivity contribution is 8.14. The average molecular weight is 276 g/mol. The number of halogens is 1. The van der Waals surface area contributed by atoms with Crippen molar-refractivity contribution < 1.29 is 15.0 Å². The Morgan fingerprint density at radius 1 is 1.59 bits per heavy atom. The summed E-state index contributed by atoms with van der Waals surface area (Å²) in [7, 11) is 0. The number of carboxylic acid groups (broad SMARTS) is 1. The van der Waals surface area contributed by atoms with Crippen LogP contribution >= 0.6 is 24.2 Å². The number of nitrogens with one attached hydrogen (secondary N) is 1. The lowest BCUT2D eigenvalue weighted by Gasteiger charge is -2.05. The zero-order valence-corrected chi connectivity index (χ0v) is 10.2. The van der Waals surface area contributed by atoms with Crippen molar-refractivity contribution in [2.24, 2.45) is 4.99 Å². The number of rotatable bonds is 2. The molecule has 1 aliphatic rings. The predicted octanol–water partition coefficient (Wildman–Crippen LogP) is 1.18. The standard InChI is InChI=1S/C9H9N3O3S.ClH/c13-7-3-10-2-1-5(7)11-9-12-6(4-16-9)8(14)15;/h1-3,6,13H,4H2,(H,14,15)(H,10,11,12);1H. The van der Waals surface area contributed by atoms with E-state index >= 15 is 0 Å². The molecular formula is C9H10ClN3O3S. The van der Waals surface area contributed by atoms with Gasteiger partial charge in [0.2, 0.25) is 0 Å². The number of hydrogen-bond donors (Lipinski definition) is 3. The highest BCUT2D eigenvalue weighted by atomic mass is 35.5. The van der Waals surface area contributed by atoms with Gasteiger partial charge >= 0.3 is 5.97 Å². The first-order valence-corrected chi connectivity index (χ1v) is 5.49. The van der Waals surface area contributed by atoms with E-state index in [1.54, 1.807) is 6.07 Å². The smallest absolute Gasteiger partial charge is 0.329 e. The van der Waals surface area contributed by atoms with Crippen LogP contribution in [0.3, 0.4) is 0 Å². The van der Waals surface area contributed by atoms with E-state index in [0.29, 0.717) is 16.6 Å². The maximum atomic E-state index is 10.7. The number of aliphatic carboxylic acids is 1. The van der Waals surface area contributed by atoms with Crippen molar-refractivity contribution in [2.75, 3.05) is 11.1 Å². The third-order valence-corrected chi connectivity index (χ3v) is 2.94. The highest BCUT2D eigenvalue weighted by Crippen LogP contribution is 2.25. The van der Waals surface area contributed by atoms with Gasteiger partial charge in [0.25, 0.3) is 0 Å². The Morgan fingerprint density at radius 3 is 2.94 bits per heavy atom. The molecule has 1 unspecified atom stereocenters. The maximum absolute atomic E-state index is 10.7. The van der Waals surface area contributed by atoms with Gasteiger partial charge < -0.3 is 15.5 Å². The van der Waals surface area contributed by atoms with E-state index in [0.717, 1.165) is 0 Å². The van der Waals surface area contributed by atoms with Crippen molar-refractivity contribution in [2.45, 2.75) is 6.04 Å². The number of aliphatic imine (C=N–C) groups is 1. The fraction of sp³-hybridized carbons (Fsp3) is 0.222. The molecule has 0 aliphatic carbocycles. The first kappa shape index (κ1) is 13.6. The third-order valence-electron chi connectivity index (χ3n) is 1.98. The minimum atomic E-state index is -0.941. The molecule has 0 spiro atoms. The number of amidine groups is 1. The zero-order chi connectivity index (χ0) is 11.5. The quantitative estimate of drug-likeness (QED) is 0.750. The normalized spacial score (nSPS) is 18.1. The molecule has 0 aromatic carbocycles. The number of aromatic hydroxyl groups is 1. The van der Waals surface area contributed by atoms with Gasteiger partial charge in [-0.2, -0.15) is 0 Å². The molecule has 0 amide bonds. The number of pyridine rings is 1. The Balaban J connectivity index is 0.00000144. The summed E-state index contributed by atoms with van der Waals surface area (Å²) in [5.41, 5.74) is 0.465. The van der Waals surface area contributed by atoms with E-state index < -0.39 is 12.0 Å². The van der Waals surface area contributed by atoms with Gasteiger partial charge in [0.15, 0.2) is 17.0 Å². The second-order valence-corrected chi connectivity index (χ2v) is 4.13. The number of aromatic nitrogens is 1. The first-order valence-electron chi connectivity index (χ1n) is 4.50. The van der Waals surface area contributed by atoms with Crippen LogP contribution in [0.4, 0.5) is 5.69 Å². The SMILES string of the molecule is Cl.O=C(O)C1CSC(Nc2ccncc2O)=N1. The largest absolute Gasteiger partial charge is 0.504 e. The molecule has 2 rings (SSSR count). The van der Waals surface area contributed by atoms with Gasteiger partial charge in [-0.15, -0.1) is 12.4 Å². The molecule has 1 aromatic heterocycles. The lowest BCUT2D eigenvalue weighted by atomic mass is 10.4. The minimum absolute atomic E-state index is 0. The fourth-order valence-corrected chi connectivity index (χ4v) is 2.09. The van der Waals surface area contributed by atoms with E-state index in [9.17, 15) is 9.90 Å². The molecule has 17 heavy (non-hydrogen) atoms. The Bertz CT molecular complexity index is 455. The van der Waals surface area contributed by atoms with Gasteiger partial charge in [0, 0.05) is 11.9 Å². The number of thioether (sulfide) groups is 1. The van der Waals surface area contributed by atoms with Crippen LogP contribution in [0.15, 0.2) is 23.5 Å². The van der Waals surface area contributed by atoms with E-state index in [-0.39, 0.29) is 18.2 Å². The summed E-state index contributed by atoms with van der Waals surface area (Å²) in [5, 5.41) is 21.5. The zero-order valence-electron chi connectivity index (χ0n) is 8.53. The molecule has 0 bridgehead atoms. The lowest BCUT2D eigenvalue weighted by Crippen LogP contribution is -2.17. The molecule has 0 saturated carbocycles. The number of nitrogens with zero attached hydrogens (tertiary/aromatic N) is 2. The van der Waals surface area contributed by atoms with E-state index in [4.69, 9.17) is 5.11 Å². The molecule has 3 N–H and O–H groups in total. The molecule has 2 heterocycles. The summed E-state index contributed by atoms with van der Waals surface area (Å²) in [4.78, 5) is 18.4. The van der Waals surface area contributed by atoms with Gasteiger partial charge in [-0.1, -0.05) is 11.8 Å². The van der Waals surface area contributed by atoms with Gasteiger partial charge in [-0.3, -0.25) is 4.98 Å². The summed E-state index contributed by atoms with van der Waals surface area (Å²) in [6.07, 6.45) is 2.83. The Kier molecular flexibility index (Phi) is 4.59. The molecule has 0 radical (unpaired) electrons. The monoisotopic (exact) mass is 275 g/mol. The summed E-state index contributed by atoms with van der Waals surface area (Å²) >= 11 is 1.31. The number of carbonyl (C=O) groups is 1. The van der Waals surface area contributed by atoms with E-state index in [2.05, 4.69) is 15.3 Å². The first-order chi connectivity index (χ1) is 7.66. The molecule has 0 fully saturated rings. The highest BCUT2D eigenvalue weighted by Gasteiger charge is 2.24. The van der Waals surface area contributed by atoms with Crippen molar-refractivity contribution in [3.05, 3.63) is 18.5 Å². The maximum Gasteiger partial charge on any atom is 0.329 e. The van der Waals surface area contributed by atoms with E-state index in [1.165, 1.54) is 24.2 Å². The Morgan fingerprint density at radius 2 is 2.35 bits per heavy atom. The topological polar surface area (TPSA) is 94.8 Å². The number of hydrogen-bond acceptors (Lipinski definition) is 6. The van der Waals surface area contributed by atoms with Crippen molar-refractivity contribution >= 4 is 41.0 Å². The molecule has 0 saturated heterocycles. The van der Waals surface area contributed by atoms with Crippen LogP contribution in [0.1, 0.15) is 0 Å². The summed E-state index contributed by atoms with van der Waals surface area (Å²) in [5.74, 6) is -0.531. The number of carboxylic acids is 1. The second kappa shape index (κ2) is 5.74. The molecular weight excluding hydrogens is 266 g/mol. The van der Waals surface area contributed by atoms with Crippen LogP contribution in [0.2, 0.25) is 0 Å². The van der Waals surface area contributed by atoms with Crippen molar-refractivity contribution in [1.82, 2.24) is 4.98 Å². The average Bonchev–Trinajstić information content (AvgIpc) is 2.70. The molecule has 1 atom stereocenters. The van der Waals surface area contributed by atoms with Crippen molar-refractivity contribution in [3.63, 3.8) is 0 Å². The Hall–Kier alpha value is -1.47. The Labute approximate surface area is 108 Å². The van der Waals surface area contributed by atoms with Crippen LogP contribution in [0, 0.1) is 0 Å². The third kappa shape index (κ3) is 3.24. The van der Waals surface area contributed by atoms with Gasteiger partial charge in [-0.05, 0) is 6.07 Å². The minimum Gasteiger partial charge on any atom is -0.504 e. The van der Waals surface area contributed by atoms with Crippen LogP contribution in [0.5, 0.6) is 5.75 Å². The van der Waals surface area contributed by atoms with Gasteiger partial charge in [0.05, 0.1) is 11.9 Å². The van der Waals surface area contributed by atoms with Crippen LogP contribution < -0.4 is 5.32 Å². The predicted molar refractivity (Wildman–Crippen MR) is 68.1 cm³/mol. The molecule has 6 nitrogen and oxygen atoms in total. The summed E-state index contributed by atoms with van der Waals surface area (Å²) < 4.78 is 0. The summed E-state index contributed by atoms with van der Waals surface area (Å²) in [6.45, 7) is 0. The van der Waals surface area contributed by atoms with Crippen molar-refractivity contribution in [1.29, 1.82) is 0 Å². The fourth-order valence-electron chi connectivity index (χ4n) is 1.18. The lowest BCUT2D eigenvalue weighted by molar-refractivity contribution is -0.137. The summed E-state index contributed by atoms with van der Waals surface area (Å²) in [6, 6.07) is 0.878. The molecule has 1 aliphatic heterocycles. The van der Waals surface area contributed by atoms with Gasteiger partial charge in [0.1, 0.15) is 0 Å². The van der Waals surface area contributed by atoms with Crippen LogP contribution in [-0.2, 0) is 4.79 Å². The van der Waals surface area contributed by atoms with Crippen molar-refractivity contribution in [3.8, 4) is 5.75 Å². The van der Waals surface area contributed by atoms with Crippen LogP contribution in [0.25, 0.3) is 0 Å². The van der Waals surface area contributed by atoms with Crippen LogP contribution in [-0.4, -0.2) is 38.1 Å². The molecule has 1 aromatic rings. The number of anilines is 1. The second-order valence-electron chi connectivity index (χ2n) is 3.12. The van der Waals surface area contributed by atoms with Gasteiger partial charge in [-0.25, -0.2) is 9.79 Å².